The Morgan fingerprint density at radius 3 is 2.69 bits per heavy atom. The molecule has 5 nitrogen and oxygen atoms in total. The van der Waals surface area contributed by atoms with Crippen LogP contribution in [0, 0.1) is 0 Å². The predicted molar refractivity (Wildman–Crippen MR) is 108 cm³/mol. The van der Waals surface area contributed by atoms with Gasteiger partial charge in [0, 0.05) is 19.7 Å². The zero-order valence-corrected chi connectivity index (χ0v) is 16.1. The summed E-state index contributed by atoms with van der Waals surface area (Å²) in [6, 6.07) is 0. The number of rotatable bonds is 15. The molecule has 0 radical (unpaired) electrons. The lowest BCUT2D eigenvalue weighted by atomic mass is 10.2. The highest BCUT2D eigenvalue weighted by atomic mass is 16.5. The minimum atomic E-state index is 0.437. The van der Waals surface area contributed by atoms with Crippen molar-refractivity contribution in [3.63, 3.8) is 0 Å². The zero-order chi connectivity index (χ0) is 19.3. The Balaban J connectivity index is 4.25. The van der Waals surface area contributed by atoms with Gasteiger partial charge in [-0.05, 0) is 36.8 Å². The second kappa shape index (κ2) is 18.8. The summed E-state index contributed by atoms with van der Waals surface area (Å²) >= 11 is 0. The first-order chi connectivity index (χ1) is 12.8. The van der Waals surface area contributed by atoms with Gasteiger partial charge in [-0.2, -0.15) is 0 Å². The van der Waals surface area contributed by atoms with Gasteiger partial charge >= 0.3 is 0 Å². The molecule has 0 saturated carbocycles. The monoisotopic (exact) mass is 361 g/mol. The SMILES string of the molecule is C=CCN=CCOC(/C=C\C)=C/CCO/C=C/C=C(\C=C\OC)COC. The van der Waals surface area contributed by atoms with E-state index in [-0.39, 0.29) is 0 Å². The van der Waals surface area contributed by atoms with Gasteiger partial charge in [0.05, 0.1) is 39.4 Å². The van der Waals surface area contributed by atoms with Crippen molar-refractivity contribution in [3.8, 4) is 0 Å². The standard InChI is InChI=1S/C21H31NO4/c1-5-9-21(26-18-14-22-13-6-2)11-8-16-25-15-7-10-20(19-24-4)12-17-23-3/h5-7,9-12,14-15,17H,2,8,13,16,18-19H2,1,3-4H3/b9-5-,15-7+,17-12+,20-10+,21-11+,22-14?. The number of hydrogen-bond donors (Lipinski definition) is 0. The van der Waals surface area contributed by atoms with Crippen LogP contribution in [0.3, 0.4) is 0 Å². The van der Waals surface area contributed by atoms with Crippen LogP contribution in [0.1, 0.15) is 13.3 Å². The molecule has 0 rings (SSSR count). The fraction of sp³-hybridized carbons (Fsp3) is 0.381. The number of nitrogens with zero attached hydrogens (tertiary/aromatic N) is 1. The maximum Gasteiger partial charge on any atom is 0.123 e. The van der Waals surface area contributed by atoms with Crippen LogP contribution in [-0.2, 0) is 18.9 Å². The van der Waals surface area contributed by atoms with Gasteiger partial charge < -0.3 is 18.9 Å². The van der Waals surface area contributed by atoms with E-state index in [0.717, 1.165) is 17.8 Å². The molecule has 0 aromatic heterocycles. The zero-order valence-electron chi connectivity index (χ0n) is 16.1. The maximum absolute atomic E-state index is 5.63. The summed E-state index contributed by atoms with van der Waals surface area (Å²) in [5.74, 6) is 0.803. The molecule has 0 saturated heterocycles. The Morgan fingerprint density at radius 2 is 2.00 bits per heavy atom. The van der Waals surface area contributed by atoms with Crippen LogP contribution in [0.2, 0.25) is 0 Å². The van der Waals surface area contributed by atoms with E-state index in [1.165, 1.54) is 0 Å². The van der Waals surface area contributed by atoms with Crippen LogP contribution < -0.4 is 0 Å². The van der Waals surface area contributed by atoms with Gasteiger partial charge in [-0.1, -0.05) is 18.2 Å². The van der Waals surface area contributed by atoms with Crippen molar-refractivity contribution in [2.75, 3.05) is 40.6 Å². The lowest BCUT2D eigenvalue weighted by Gasteiger charge is -2.04. The maximum atomic E-state index is 5.63. The number of allylic oxidation sites excluding steroid dienone is 4. The molecule has 0 aromatic carbocycles. The lowest BCUT2D eigenvalue weighted by Crippen LogP contribution is -1.96. The van der Waals surface area contributed by atoms with E-state index in [1.54, 1.807) is 39.0 Å². The van der Waals surface area contributed by atoms with Crippen LogP contribution >= 0.6 is 0 Å². The molecule has 0 aliphatic carbocycles. The Kier molecular flexibility index (Phi) is 17.0. The molecule has 0 N–H and O–H groups in total. The summed E-state index contributed by atoms with van der Waals surface area (Å²) in [7, 11) is 3.25. The second-order valence-corrected chi connectivity index (χ2v) is 4.95. The molecule has 26 heavy (non-hydrogen) atoms. The normalized spacial score (nSPS) is 13.3. The highest BCUT2D eigenvalue weighted by molar-refractivity contribution is 5.58. The first-order valence-electron chi connectivity index (χ1n) is 8.48. The Labute approximate surface area is 157 Å². The molecular formula is C21H31NO4. The van der Waals surface area contributed by atoms with Crippen molar-refractivity contribution in [2.24, 2.45) is 4.99 Å². The molecule has 0 amide bonds. The van der Waals surface area contributed by atoms with Gasteiger partial charge in [0.1, 0.15) is 12.4 Å². The summed E-state index contributed by atoms with van der Waals surface area (Å²) in [6.07, 6.45) is 18.9. The summed E-state index contributed by atoms with van der Waals surface area (Å²) < 4.78 is 21.1. The van der Waals surface area contributed by atoms with E-state index in [1.807, 2.05) is 43.4 Å². The molecule has 0 heterocycles. The van der Waals surface area contributed by atoms with E-state index in [2.05, 4.69) is 11.6 Å². The fourth-order valence-electron chi connectivity index (χ4n) is 1.70. The number of aliphatic imine (C=N–C) groups is 1. The third-order valence-electron chi connectivity index (χ3n) is 2.81. The van der Waals surface area contributed by atoms with Crippen LogP contribution in [0.25, 0.3) is 0 Å². The molecule has 0 atom stereocenters. The summed E-state index contributed by atoms with van der Waals surface area (Å²) in [5, 5.41) is 0. The second-order valence-electron chi connectivity index (χ2n) is 4.95. The molecule has 144 valence electrons. The van der Waals surface area contributed by atoms with Gasteiger partial charge in [0.15, 0.2) is 0 Å². The first-order valence-corrected chi connectivity index (χ1v) is 8.48. The first kappa shape index (κ1) is 23.5. The summed E-state index contributed by atoms with van der Waals surface area (Å²) in [5.41, 5.74) is 0.982. The van der Waals surface area contributed by atoms with E-state index in [4.69, 9.17) is 18.9 Å². The Hall–Kier alpha value is -2.53. The minimum Gasteiger partial charge on any atom is -0.504 e. The van der Waals surface area contributed by atoms with E-state index >= 15 is 0 Å². The average molecular weight is 361 g/mol. The van der Waals surface area contributed by atoms with E-state index < -0.39 is 0 Å². The van der Waals surface area contributed by atoms with E-state index in [9.17, 15) is 0 Å². The molecular weight excluding hydrogens is 330 g/mol. The smallest absolute Gasteiger partial charge is 0.123 e. The molecule has 0 spiro atoms. The fourth-order valence-corrected chi connectivity index (χ4v) is 1.70. The van der Waals surface area contributed by atoms with Crippen LogP contribution in [0.5, 0.6) is 0 Å². The third kappa shape index (κ3) is 15.0. The average Bonchev–Trinajstić information content (AvgIpc) is 2.64. The van der Waals surface area contributed by atoms with Gasteiger partial charge in [0.25, 0.3) is 0 Å². The van der Waals surface area contributed by atoms with Crippen molar-refractivity contribution in [1.82, 2.24) is 0 Å². The third-order valence-corrected chi connectivity index (χ3v) is 2.81. The topological polar surface area (TPSA) is 49.3 Å². The van der Waals surface area contributed by atoms with E-state index in [0.29, 0.717) is 26.4 Å². The summed E-state index contributed by atoms with van der Waals surface area (Å²) in [6.45, 7) is 7.67. The molecule has 0 unspecified atom stereocenters. The quantitative estimate of drug-likeness (QED) is 0.143. The molecule has 0 aliphatic rings. The Morgan fingerprint density at radius 1 is 1.15 bits per heavy atom. The Bertz CT molecular complexity index is 528. The lowest BCUT2D eigenvalue weighted by molar-refractivity contribution is 0.227. The van der Waals surface area contributed by atoms with Crippen LogP contribution in [0.4, 0.5) is 0 Å². The van der Waals surface area contributed by atoms with Crippen LogP contribution in [-0.4, -0.2) is 46.8 Å². The van der Waals surface area contributed by atoms with Crippen molar-refractivity contribution in [1.29, 1.82) is 0 Å². The molecule has 5 heteroatoms. The minimum absolute atomic E-state index is 0.437. The highest BCUT2D eigenvalue weighted by Crippen LogP contribution is 2.02. The molecule has 0 fully saturated rings. The van der Waals surface area contributed by atoms with Crippen LogP contribution in [0.15, 0.2) is 78.0 Å². The van der Waals surface area contributed by atoms with Gasteiger partial charge in [0.2, 0.25) is 0 Å². The van der Waals surface area contributed by atoms with Gasteiger partial charge in [-0.15, -0.1) is 6.58 Å². The predicted octanol–water partition coefficient (Wildman–Crippen LogP) is 4.37. The van der Waals surface area contributed by atoms with Gasteiger partial charge in [-0.25, -0.2) is 0 Å². The largest absolute Gasteiger partial charge is 0.504 e. The molecule has 0 bridgehead atoms. The highest BCUT2D eigenvalue weighted by Gasteiger charge is 1.92. The molecule has 0 aliphatic heterocycles. The number of ether oxygens (including phenoxy) is 4. The van der Waals surface area contributed by atoms with Crippen molar-refractivity contribution < 1.29 is 18.9 Å². The van der Waals surface area contributed by atoms with Crippen molar-refractivity contribution in [3.05, 3.63) is 73.0 Å². The van der Waals surface area contributed by atoms with Gasteiger partial charge in [-0.3, -0.25) is 4.99 Å². The van der Waals surface area contributed by atoms with Crippen molar-refractivity contribution >= 4 is 6.21 Å². The number of hydrogen-bond acceptors (Lipinski definition) is 5. The number of methoxy groups -OCH3 is 2. The summed E-state index contributed by atoms with van der Waals surface area (Å²) in [4.78, 5) is 4.12. The van der Waals surface area contributed by atoms with Crippen molar-refractivity contribution in [2.45, 2.75) is 13.3 Å². The molecule has 0 aromatic rings.